The lowest BCUT2D eigenvalue weighted by molar-refractivity contribution is 0.0598. The molecule has 2 aromatic heterocycles. The van der Waals surface area contributed by atoms with E-state index >= 15 is 0 Å². The summed E-state index contributed by atoms with van der Waals surface area (Å²) in [4.78, 5) is 19.0. The fourth-order valence-electron chi connectivity index (χ4n) is 2.92. The van der Waals surface area contributed by atoms with Crippen LogP contribution in [0.4, 0.5) is 0 Å². The summed E-state index contributed by atoms with van der Waals surface area (Å²) >= 11 is 5.77. The molecule has 1 aliphatic rings. The third-order valence-corrected chi connectivity index (χ3v) is 4.37. The number of rotatable bonds is 2. The molecule has 6 nitrogen and oxygen atoms in total. The van der Waals surface area contributed by atoms with Gasteiger partial charge in [0.25, 0.3) is 5.91 Å². The van der Waals surface area contributed by atoms with E-state index < -0.39 is 0 Å². The van der Waals surface area contributed by atoms with Crippen molar-refractivity contribution in [1.29, 1.82) is 0 Å². The van der Waals surface area contributed by atoms with Crippen molar-refractivity contribution in [3.05, 3.63) is 59.3 Å². The van der Waals surface area contributed by atoms with Gasteiger partial charge in [-0.15, -0.1) is 0 Å². The van der Waals surface area contributed by atoms with Crippen molar-refractivity contribution in [2.24, 2.45) is 0 Å². The second-order valence-electron chi connectivity index (χ2n) is 5.66. The maximum Gasteiger partial charge on any atom is 0.290 e. The number of nitrogens with zero attached hydrogens (tertiary/aromatic N) is 4. The lowest BCUT2D eigenvalue weighted by Gasteiger charge is -2.32. The first kappa shape index (κ1) is 15.0. The molecule has 0 aliphatic carbocycles. The molecular weight excluding hydrogens is 328 g/mol. The van der Waals surface area contributed by atoms with Crippen LogP contribution in [0, 0.1) is 0 Å². The van der Waals surface area contributed by atoms with Gasteiger partial charge in [-0.2, -0.15) is 5.10 Å². The molecule has 0 spiro atoms. The number of hydrogen-bond donors (Lipinski definition) is 0. The molecule has 0 saturated heterocycles. The minimum atomic E-state index is -0.194. The molecule has 3 heterocycles. The molecule has 0 fully saturated rings. The van der Waals surface area contributed by atoms with E-state index in [0.29, 0.717) is 18.9 Å². The van der Waals surface area contributed by atoms with Gasteiger partial charge in [-0.3, -0.25) is 4.79 Å². The number of fused-ring (bicyclic) bond motifs is 1. The molecule has 0 bridgehead atoms. The van der Waals surface area contributed by atoms with Gasteiger partial charge in [-0.05, 0) is 30.7 Å². The standard InChI is InChI=1S/C17H15ClN4O2/c1-11-16-19-15(12-5-3-2-4-6-12)20-22(16)10-9-21(11)17(23)13-7-8-14(18)24-13/h2-8,11H,9-10H2,1H3/t11-/m0/s1. The van der Waals surface area contributed by atoms with E-state index in [4.69, 9.17) is 16.0 Å². The van der Waals surface area contributed by atoms with Crippen molar-refractivity contribution < 1.29 is 9.21 Å². The lowest BCUT2D eigenvalue weighted by Crippen LogP contribution is -2.41. The second-order valence-corrected chi connectivity index (χ2v) is 6.03. The average molecular weight is 343 g/mol. The molecule has 3 aromatic rings. The van der Waals surface area contributed by atoms with Crippen molar-refractivity contribution in [3.8, 4) is 11.4 Å². The minimum absolute atomic E-state index is 0.190. The van der Waals surface area contributed by atoms with Gasteiger partial charge >= 0.3 is 0 Å². The topological polar surface area (TPSA) is 64.2 Å². The molecule has 7 heteroatoms. The van der Waals surface area contributed by atoms with Gasteiger partial charge in [-0.1, -0.05) is 30.3 Å². The van der Waals surface area contributed by atoms with Gasteiger partial charge in [0.2, 0.25) is 0 Å². The lowest BCUT2D eigenvalue weighted by atomic mass is 10.2. The Morgan fingerprint density at radius 2 is 2.00 bits per heavy atom. The molecule has 0 radical (unpaired) electrons. The van der Waals surface area contributed by atoms with Crippen LogP contribution in [0.15, 0.2) is 46.9 Å². The zero-order chi connectivity index (χ0) is 16.7. The fraction of sp³-hybridized carbons (Fsp3) is 0.235. The van der Waals surface area contributed by atoms with E-state index in [1.165, 1.54) is 0 Å². The Bertz CT molecular complexity index is 887. The third-order valence-electron chi connectivity index (χ3n) is 4.17. The van der Waals surface area contributed by atoms with Crippen LogP contribution in [0.25, 0.3) is 11.4 Å². The van der Waals surface area contributed by atoms with Gasteiger partial charge in [-0.25, -0.2) is 9.67 Å². The summed E-state index contributed by atoms with van der Waals surface area (Å²) in [6.07, 6.45) is 0. The maximum absolute atomic E-state index is 12.6. The molecule has 122 valence electrons. The van der Waals surface area contributed by atoms with E-state index in [1.807, 2.05) is 41.9 Å². The van der Waals surface area contributed by atoms with E-state index in [2.05, 4.69) is 10.1 Å². The Morgan fingerprint density at radius 3 is 2.71 bits per heavy atom. The number of benzene rings is 1. The SMILES string of the molecule is C[C@H]1c2nc(-c3ccccc3)nn2CCN1C(=O)c1ccc(Cl)o1. The van der Waals surface area contributed by atoms with Gasteiger partial charge in [0.05, 0.1) is 12.6 Å². The first-order chi connectivity index (χ1) is 11.6. The number of carbonyl (C=O) groups is 1. The van der Waals surface area contributed by atoms with Crippen LogP contribution in [0.5, 0.6) is 0 Å². The zero-order valence-electron chi connectivity index (χ0n) is 13.0. The van der Waals surface area contributed by atoms with Gasteiger partial charge in [0.15, 0.2) is 16.8 Å². The normalized spacial score (nSPS) is 16.9. The highest BCUT2D eigenvalue weighted by Crippen LogP contribution is 2.28. The Morgan fingerprint density at radius 1 is 1.21 bits per heavy atom. The van der Waals surface area contributed by atoms with Gasteiger partial charge in [0.1, 0.15) is 5.82 Å². The van der Waals surface area contributed by atoms with Gasteiger partial charge < -0.3 is 9.32 Å². The van der Waals surface area contributed by atoms with Crippen LogP contribution in [0.3, 0.4) is 0 Å². The van der Waals surface area contributed by atoms with Crippen molar-refractivity contribution in [3.63, 3.8) is 0 Å². The highest BCUT2D eigenvalue weighted by atomic mass is 35.5. The Labute approximate surface area is 143 Å². The number of aromatic nitrogens is 3. The van der Waals surface area contributed by atoms with Crippen LogP contribution in [-0.2, 0) is 6.54 Å². The summed E-state index contributed by atoms with van der Waals surface area (Å²) in [5, 5.41) is 4.77. The monoisotopic (exact) mass is 342 g/mol. The summed E-state index contributed by atoms with van der Waals surface area (Å²) in [5.74, 6) is 1.49. The number of carbonyl (C=O) groups excluding carboxylic acids is 1. The molecule has 0 N–H and O–H groups in total. The van der Waals surface area contributed by atoms with Crippen LogP contribution >= 0.6 is 11.6 Å². The Kier molecular flexibility index (Phi) is 3.61. The predicted octanol–water partition coefficient (Wildman–Crippen LogP) is 3.41. The van der Waals surface area contributed by atoms with Crippen molar-refractivity contribution in [2.75, 3.05) is 6.54 Å². The highest BCUT2D eigenvalue weighted by molar-refractivity contribution is 6.29. The van der Waals surface area contributed by atoms with Crippen molar-refractivity contribution in [2.45, 2.75) is 19.5 Å². The quantitative estimate of drug-likeness (QED) is 0.716. The average Bonchev–Trinajstić information content (AvgIpc) is 3.22. The van der Waals surface area contributed by atoms with Crippen molar-refractivity contribution >= 4 is 17.5 Å². The van der Waals surface area contributed by atoms with E-state index in [1.54, 1.807) is 17.0 Å². The molecule has 1 aliphatic heterocycles. The zero-order valence-corrected chi connectivity index (χ0v) is 13.8. The highest BCUT2D eigenvalue weighted by Gasteiger charge is 2.32. The molecule has 0 saturated carbocycles. The summed E-state index contributed by atoms with van der Waals surface area (Å²) in [7, 11) is 0. The first-order valence-electron chi connectivity index (χ1n) is 7.70. The van der Waals surface area contributed by atoms with E-state index in [9.17, 15) is 4.79 Å². The van der Waals surface area contributed by atoms with Gasteiger partial charge in [0, 0.05) is 12.1 Å². The molecule has 1 amide bonds. The second kappa shape index (κ2) is 5.79. The number of hydrogen-bond acceptors (Lipinski definition) is 4. The van der Waals surface area contributed by atoms with Crippen LogP contribution in [0.2, 0.25) is 5.22 Å². The third kappa shape index (κ3) is 2.49. The Balaban J connectivity index is 1.64. The van der Waals surface area contributed by atoms with Crippen LogP contribution in [-0.4, -0.2) is 32.1 Å². The Hall–Kier alpha value is -2.60. The molecule has 24 heavy (non-hydrogen) atoms. The van der Waals surface area contributed by atoms with Crippen LogP contribution < -0.4 is 0 Å². The molecule has 1 aromatic carbocycles. The number of amides is 1. The molecular formula is C17H15ClN4O2. The minimum Gasteiger partial charge on any atom is -0.440 e. The van der Waals surface area contributed by atoms with E-state index in [-0.39, 0.29) is 22.9 Å². The largest absolute Gasteiger partial charge is 0.440 e. The van der Waals surface area contributed by atoms with E-state index in [0.717, 1.165) is 11.4 Å². The van der Waals surface area contributed by atoms with Crippen LogP contribution in [0.1, 0.15) is 29.3 Å². The molecule has 0 unspecified atom stereocenters. The smallest absolute Gasteiger partial charge is 0.290 e. The summed E-state index contributed by atoms with van der Waals surface area (Å²) in [5.41, 5.74) is 0.960. The number of furan rings is 1. The predicted molar refractivity (Wildman–Crippen MR) is 88.6 cm³/mol. The molecule has 4 rings (SSSR count). The summed E-state index contributed by atoms with van der Waals surface area (Å²) in [6, 6.07) is 12.8. The van der Waals surface area contributed by atoms with Crippen molar-refractivity contribution in [1.82, 2.24) is 19.7 Å². The fourth-order valence-corrected chi connectivity index (χ4v) is 3.07. The summed E-state index contributed by atoms with van der Waals surface area (Å²) < 4.78 is 7.11. The summed E-state index contributed by atoms with van der Waals surface area (Å²) in [6.45, 7) is 3.08. The maximum atomic E-state index is 12.6. The molecule has 1 atom stereocenters. The number of halogens is 1. The first-order valence-corrected chi connectivity index (χ1v) is 8.08.